The van der Waals surface area contributed by atoms with E-state index in [1.54, 1.807) is 0 Å². The van der Waals surface area contributed by atoms with E-state index in [1.165, 1.54) is 71.6 Å². The van der Waals surface area contributed by atoms with Gasteiger partial charge in [-0.2, -0.15) is 0 Å². The number of allylic oxidation sites excluding steroid dienone is 5. The van der Waals surface area contributed by atoms with E-state index in [-0.39, 0.29) is 0 Å². The summed E-state index contributed by atoms with van der Waals surface area (Å²) in [5.74, 6) is 0. The Labute approximate surface area is 236 Å². The Hall–Kier alpha value is -4.94. The van der Waals surface area contributed by atoms with Crippen LogP contribution in [0.1, 0.15) is 23.6 Å². The highest BCUT2D eigenvalue weighted by Crippen LogP contribution is 2.43. The lowest BCUT2D eigenvalue weighted by molar-refractivity contribution is 1.28. The minimum absolute atomic E-state index is 0.850. The van der Waals surface area contributed by atoms with E-state index in [1.807, 2.05) is 0 Å². The van der Waals surface area contributed by atoms with Crippen molar-refractivity contribution in [3.8, 4) is 22.3 Å². The molecule has 0 heteroatoms. The van der Waals surface area contributed by atoms with Crippen LogP contribution in [0.2, 0.25) is 0 Å². The Morgan fingerprint density at radius 3 is 1.68 bits per heavy atom. The average Bonchev–Trinajstić information content (AvgIpc) is 3.08. The summed E-state index contributed by atoms with van der Waals surface area (Å²) in [6.45, 7) is 2.19. The molecule has 0 unspecified atom stereocenters. The summed E-state index contributed by atoms with van der Waals surface area (Å²) in [5.41, 5.74) is 11.6. The van der Waals surface area contributed by atoms with E-state index < -0.39 is 0 Å². The molecule has 190 valence electrons. The zero-order valence-electron chi connectivity index (χ0n) is 22.6. The molecule has 40 heavy (non-hydrogen) atoms. The quantitative estimate of drug-likeness (QED) is 0.208. The fourth-order valence-electron chi connectivity index (χ4n) is 6.22. The van der Waals surface area contributed by atoms with Crippen molar-refractivity contribution in [1.82, 2.24) is 0 Å². The summed E-state index contributed by atoms with van der Waals surface area (Å²) >= 11 is 0. The van der Waals surface area contributed by atoms with E-state index >= 15 is 0 Å². The van der Waals surface area contributed by atoms with Crippen LogP contribution in [0, 0.1) is 0 Å². The number of benzene rings is 6. The number of fused-ring (bicyclic) bond motifs is 3. The first-order valence-corrected chi connectivity index (χ1v) is 14.0. The molecule has 0 saturated carbocycles. The number of rotatable bonds is 3. The second kappa shape index (κ2) is 10.3. The monoisotopic (exact) mass is 510 g/mol. The second-order valence-corrected chi connectivity index (χ2v) is 10.6. The van der Waals surface area contributed by atoms with Gasteiger partial charge in [0.05, 0.1) is 0 Å². The molecule has 1 aliphatic rings. The van der Waals surface area contributed by atoms with Crippen LogP contribution in [0.15, 0.2) is 151 Å². The second-order valence-electron chi connectivity index (χ2n) is 10.6. The molecule has 0 aromatic heterocycles. The zero-order valence-corrected chi connectivity index (χ0v) is 22.6. The Balaban J connectivity index is 1.51. The van der Waals surface area contributed by atoms with Gasteiger partial charge in [-0.25, -0.2) is 0 Å². The van der Waals surface area contributed by atoms with Crippen LogP contribution in [-0.2, 0) is 6.42 Å². The highest BCUT2D eigenvalue weighted by molar-refractivity contribution is 6.19. The van der Waals surface area contributed by atoms with Crippen LogP contribution in [0.4, 0.5) is 0 Å². The van der Waals surface area contributed by atoms with E-state index in [9.17, 15) is 0 Å². The van der Waals surface area contributed by atoms with Crippen molar-refractivity contribution in [2.75, 3.05) is 0 Å². The van der Waals surface area contributed by atoms with Gasteiger partial charge in [0.2, 0.25) is 0 Å². The molecular formula is C40H30. The van der Waals surface area contributed by atoms with Crippen molar-refractivity contribution in [3.05, 3.63) is 168 Å². The van der Waals surface area contributed by atoms with Gasteiger partial charge in [-0.1, -0.05) is 157 Å². The fraction of sp³-hybridized carbons (Fsp3) is 0.0500. The lowest BCUT2D eigenvalue weighted by Crippen LogP contribution is -1.99. The Bertz CT molecular complexity index is 1890. The Morgan fingerprint density at radius 2 is 1.05 bits per heavy atom. The van der Waals surface area contributed by atoms with Crippen LogP contribution in [0.5, 0.6) is 0 Å². The summed E-state index contributed by atoms with van der Waals surface area (Å²) in [6.07, 6.45) is 9.99. The van der Waals surface area contributed by atoms with E-state index in [4.69, 9.17) is 0 Å². The third kappa shape index (κ3) is 4.28. The summed E-state index contributed by atoms with van der Waals surface area (Å²) in [5, 5.41) is 5.17. The van der Waals surface area contributed by atoms with Gasteiger partial charge in [0.1, 0.15) is 0 Å². The minimum atomic E-state index is 0.850. The Kier molecular flexibility index (Phi) is 6.22. The maximum atomic E-state index is 2.35. The van der Waals surface area contributed by atoms with E-state index in [0.717, 1.165) is 6.42 Å². The van der Waals surface area contributed by atoms with Crippen molar-refractivity contribution in [3.63, 3.8) is 0 Å². The maximum absolute atomic E-state index is 2.35. The van der Waals surface area contributed by atoms with Crippen molar-refractivity contribution in [2.24, 2.45) is 0 Å². The predicted octanol–water partition coefficient (Wildman–Crippen LogP) is 10.9. The molecule has 0 N–H and O–H groups in total. The normalized spacial score (nSPS) is 16.6. The molecule has 0 nitrogen and oxygen atoms in total. The van der Waals surface area contributed by atoms with Crippen molar-refractivity contribution >= 4 is 33.2 Å². The predicted molar refractivity (Wildman–Crippen MR) is 173 cm³/mol. The molecule has 0 bridgehead atoms. The topological polar surface area (TPSA) is 0 Å². The minimum Gasteiger partial charge on any atom is -0.0622 e. The molecule has 0 heterocycles. The SMILES string of the molecule is CC1=C\c2c(cccc2-c2ccccc2)C/C(c2c3ccccc3c(-c3ccccc3)c3ccccc23)=C/C=C\1. The standard InChI is InChI=1S/C40H30/c1-28-14-12-20-32(27-31-19-13-25-33(38(31)26-28)29-15-4-2-5-16-29)40-36-23-10-8-21-34(36)39(30-17-6-3-7-18-30)35-22-9-11-24-37(35)40/h2-26H,27H2,1H3/b14-12-,28-26+,32-20-. The van der Waals surface area contributed by atoms with Gasteiger partial charge < -0.3 is 0 Å². The van der Waals surface area contributed by atoms with Crippen LogP contribution in [0.3, 0.4) is 0 Å². The smallest absolute Gasteiger partial charge is 0.00132 e. The molecule has 0 aliphatic heterocycles. The molecule has 0 fully saturated rings. The number of hydrogen-bond donors (Lipinski definition) is 0. The van der Waals surface area contributed by atoms with Gasteiger partial charge in [0, 0.05) is 0 Å². The highest BCUT2D eigenvalue weighted by atomic mass is 14.2. The van der Waals surface area contributed by atoms with E-state index in [2.05, 4.69) is 159 Å². The summed E-state index contributed by atoms with van der Waals surface area (Å²) < 4.78 is 0. The highest BCUT2D eigenvalue weighted by Gasteiger charge is 2.19. The van der Waals surface area contributed by atoms with Crippen LogP contribution >= 0.6 is 0 Å². The third-order valence-electron chi connectivity index (χ3n) is 8.01. The molecule has 0 radical (unpaired) electrons. The first kappa shape index (κ1) is 24.1. The van der Waals surface area contributed by atoms with Crippen LogP contribution < -0.4 is 0 Å². The first-order chi connectivity index (χ1) is 19.8. The van der Waals surface area contributed by atoms with Gasteiger partial charge in [0.15, 0.2) is 0 Å². The van der Waals surface area contributed by atoms with Crippen molar-refractivity contribution in [1.29, 1.82) is 0 Å². The molecular weight excluding hydrogens is 480 g/mol. The first-order valence-electron chi connectivity index (χ1n) is 14.0. The zero-order chi connectivity index (χ0) is 26.9. The molecule has 0 atom stereocenters. The molecule has 0 saturated heterocycles. The van der Waals surface area contributed by atoms with Gasteiger partial charge in [0.25, 0.3) is 0 Å². The largest absolute Gasteiger partial charge is 0.0622 e. The summed E-state index contributed by atoms with van der Waals surface area (Å²) in [7, 11) is 0. The van der Waals surface area contributed by atoms with Crippen LogP contribution in [0.25, 0.3) is 55.4 Å². The molecule has 0 amide bonds. The van der Waals surface area contributed by atoms with Gasteiger partial charge in [-0.3, -0.25) is 0 Å². The fourth-order valence-corrected chi connectivity index (χ4v) is 6.22. The van der Waals surface area contributed by atoms with E-state index in [0.29, 0.717) is 0 Å². The van der Waals surface area contributed by atoms with Crippen molar-refractivity contribution in [2.45, 2.75) is 13.3 Å². The third-order valence-corrected chi connectivity index (χ3v) is 8.01. The lowest BCUT2D eigenvalue weighted by Gasteiger charge is -2.20. The van der Waals surface area contributed by atoms with Crippen molar-refractivity contribution < 1.29 is 0 Å². The van der Waals surface area contributed by atoms with Crippen LogP contribution in [-0.4, -0.2) is 0 Å². The molecule has 6 aromatic carbocycles. The molecule has 7 rings (SSSR count). The Morgan fingerprint density at radius 1 is 0.500 bits per heavy atom. The molecule has 6 aromatic rings. The average molecular weight is 511 g/mol. The summed E-state index contributed by atoms with van der Waals surface area (Å²) in [6, 6.07) is 46.2. The van der Waals surface area contributed by atoms with Gasteiger partial charge in [-0.05, 0) is 79.4 Å². The van der Waals surface area contributed by atoms with Gasteiger partial charge >= 0.3 is 0 Å². The molecule has 1 aliphatic carbocycles. The number of hydrogen-bond acceptors (Lipinski definition) is 0. The lowest BCUT2D eigenvalue weighted by atomic mass is 9.83. The maximum Gasteiger partial charge on any atom is -0.00132 e. The summed E-state index contributed by atoms with van der Waals surface area (Å²) in [4.78, 5) is 0. The van der Waals surface area contributed by atoms with Gasteiger partial charge in [-0.15, -0.1) is 0 Å². The molecule has 0 spiro atoms.